The number of thioether (sulfide) groups is 1. The van der Waals surface area contributed by atoms with Crippen LogP contribution in [0, 0.1) is 20.2 Å². The summed E-state index contributed by atoms with van der Waals surface area (Å²) in [7, 11) is 0. The molecule has 5 aromatic rings. The molecule has 0 amide bonds. The number of nitro groups is 2. The molecule has 202 valence electrons. The average molecular weight is 580 g/mol. The lowest BCUT2D eigenvalue weighted by Gasteiger charge is -2.20. The van der Waals surface area contributed by atoms with E-state index in [-0.39, 0.29) is 21.2 Å². The molecular weight excluding hydrogens is 556 g/mol. The molecule has 4 aromatic carbocycles. The summed E-state index contributed by atoms with van der Waals surface area (Å²) in [6.45, 7) is 1.18. The van der Waals surface area contributed by atoms with Crippen molar-refractivity contribution in [2.45, 2.75) is 18.0 Å². The van der Waals surface area contributed by atoms with Crippen molar-refractivity contribution in [3.05, 3.63) is 151 Å². The van der Waals surface area contributed by atoms with E-state index in [1.54, 1.807) is 71.6 Å². The molecule has 0 bridgehead atoms. The van der Waals surface area contributed by atoms with Gasteiger partial charge in [-0.1, -0.05) is 65.6 Å². The van der Waals surface area contributed by atoms with Crippen molar-refractivity contribution in [1.29, 1.82) is 0 Å². The number of non-ortho nitro benzene ring substituents is 2. The number of fused-ring (bicyclic) bond motifs is 2. The van der Waals surface area contributed by atoms with Gasteiger partial charge in [0.25, 0.3) is 16.4 Å². The zero-order chi connectivity index (χ0) is 28.3. The van der Waals surface area contributed by atoms with Crippen molar-refractivity contribution < 1.29 is 14.4 Å². The van der Waals surface area contributed by atoms with Gasteiger partial charge in [0.05, 0.1) is 20.6 Å². The number of hydrogen-bond donors (Lipinski definition) is 0. The molecule has 0 unspecified atom stereocenters. The molecule has 10 heteroatoms. The van der Waals surface area contributed by atoms with Gasteiger partial charge in [-0.05, 0) is 42.0 Å². The maximum absolute atomic E-state index is 11.1. The third-order valence-corrected chi connectivity index (χ3v) is 8.99. The molecule has 6 rings (SSSR count). The minimum atomic E-state index is -0.386. The van der Waals surface area contributed by atoms with Gasteiger partial charge in [0.2, 0.25) is 5.52 Å². The number of rotatable bonds is 8. The lowest BCUT2D eigenvalue weighted by Crippen LogP contribution is -2.35. The van der Waals surface area contributed by atoms with Crippen LogP contribution in [-0.4, -0.2) is 9.85 Å². The van der Waals surface area contributed by atoms with Gasteiger partial charge in [-0.15, -0.1) is 0 Å². The molecule has 0 fully saturated rings. The van der Waals surface area contributed by atoms with Crippen LogP contribution in [0.15, 0.2) is 119 Å². The van der Waals surface area contributed by atoms with Crippen molar-refractivity contribution in [2.24, 2.45) is 0 Å². The highest BCUT2D eigenvalue weighted by Gasteiger charge is 2.25. The van der Waals surface area contributed by atoms with Crippen molar-refractivity contribution in [2.75, 3.05) is 4.90 Å². The Morgan fingerprint density at radius 1 is 0.780 bits per heavy atom. The van der Waals surface area contributed by atoms with E-state index in [2.05, 4.69) is 45.9 Å². The molecule has 41 heavy (non-hydrogen) atoms. The number of hydrogen-bond acceptors (Lipinski definition) is 7. The largest absolute Gasteiger partial charge is 0.331 e. The third kappa shape index (κ3) is 5.60. The summed E-state index contributed by atoms with van der Waals surface area (Å²) in [5, 5.41) is 24.3. The topological polar surface area (TPSA) is 93.4 Å². The Balaban J connectivity index is 1.30. The molecule has 0 aliphatic carbocycles. The molecule has 1 aromatic heterocycles. The number of para-hydroxylation sites is 2. The predicted octanol–water partition coefficient (Wildman–Crippen LogP) is 7.72. The first kappa shape index (κ1) is 26.4. The number of nitrogens with zero attached hydrogens (tertiary/aromatic N) is 4. The van der Waals surface area contributed by atoms with Crippen LogP contribution in [0.3, 0.4) is 0 Å². The summed E-state index contributed by atoms with van der Waals surface area (Å²) >= 11 is 3.38. The molecule has 0 spiro atoms. The van der Waals surface area contributed by atoms with E-state index in [4.69, 9.17) is 0 Å². The highest BCUT2D eigenvalue weighted by molar-refractivity contribution is 8.03. The first-order valence-corrected chi connectivity index (χ1v) is 14.4. The second-order valence-corrected chi connectivity index (χ2v) is 11.5. The van der Waals surface area contributed by atoms with Gasteiger partial charge >= 0.3 is 0 Å². The zero-order valence-corrected chi connectivity index (χ0v) is 23.3. The van der Waals surface area contributed by atoms with Crippen LogP contribution in [0.1, 0.15) is 16.1 Å². The van der Waals surface area contributed by atoms with Crippen LogP contribution >= 0.6 is 23.1 Å². The second kappa shape index (κ2) is 11.4. The van der Waals surface area contributed by atoms with E-state index in [1.807, 2.05) is 30.3 Å². The molecule has 0 radical (unpaired) electrons. The fourth-order valence-electron chi connectivity index (χ4n) is 4.70. The minimum absolute atomic E-state index is 0.0778. The Morgan fingerprint density at radius 2 is 1.41 bits per heavy atom. The fraction of sp³-hybridized carbons (Fsp3) is 0.0645. The zero-order valence-electron chi connectivity index (χ0n) is 21.6. The highest BCUT2D eigenvalue weighted by atomic mass is 32.2. The number of anilines is 1. The summed E-state index contributed by atoms with van der Waals surface area (Å²) in [4.78, 5) is 24.8. The first-order valence-electron chi connectivity index (χ1n) is 12.8. The number of nitro benzene ring substituents is 2. The SMILES string of the molecule is O=[N+]([O-])c1ccc(CN2C(=CC=Cc3sc4ccccc4[n+]3Cc3ccc([N+](=O)[O-])cc3)Sc3ccccc32)cc1. The Labute approximate surface area is 243 Å². The molecule has 1 aliphatic rings. The van der Waals surface area contributed by atoms with Gasteiger partial charge in [-0.2, -0.15) is 4.57 Å². The van der Waals surface area contributed by atoms with E-state index < -0.39 is 0 Å². The van der Waals surface area contributed by atoms with Gasteiger partial charge in [0, 0.05) is 53.4 Å². The molecular formula is C31H23N4O4S2+. The van der Waals surface area contributed by atoms with E-state index in [1.165, 1.54) is 0 Å². The molecule has 1 aliphatic heterocycles. The molecule has 0 atom stereocenters. The van der Waals surface area contributed by atoms with Crippen molar-refractivity contribution in [1.82, 2.24) is 0 Å². The van der Waals surface area contributed by atoms with Crippen LogP contribution < -0.4 is 9.47 Å². The Hall–Kier alpha value is -4.80. The molecule has 0 saturated carbocycles. The van der Waals surface area contributed by atoms with Gasteiger partial charge in [-0.25, -0.2) is 0 Å². The smallest absolute Gasteiger partial charge is 0.269 e. The maximum Gasteiger partial charge on any atom is 0.269 e. The van der Waals surface area contributed by atoms with Crippen molar-refractivity contribution >= 4 is 56.5 Å². The maximum atomic E-state index is 11.1. The Bertz CT molecular complexity index is 1830. The van der Waals surface area contributed by atoms with Gasteiger partial charge in [-0.3, -0.25) is 20.2 Å². The van der Waals surface area contributed by atoms with E-state index in [0.29, 0.717) is 13.1 Å². The number of thiazole rings is 1. The quantitative estimate of drug-likeness (QED) is 0.106. The Morgan fingerprint density at radius 3 is 2.12 bits per heavy atom. The fourth-order valence-corrected chi connectivity index (χ4v) is 6.85. The lowest BCUT2D eigenvalue weighted by molar-refractivity contribution is -0.659. The highest BCUT2D eigenvalue weighted by Crippen LogP contribution is 2.46. The predicted molar refractivity (Wildman–Crippen MR) is 163 cm³/mol. The third-order valence-electron chi connectivity index (χ3n) is 6.73. The van der Waals surface area contributed by atoms with Crippen LogP contribution in [0.4, 0.5) is 17.1 Å². The summed E-state index contributed by atoms with van der Waals surface area (Å²) in [6, 6.07) is 29.8. The summed E-state index contributed by atoms with van der Waals surface area (Å²) in [5.41, 5.74) is 4.32. The van der Waals surface area contributed by atoms with Crippen molar-refractivity contribution in [3.63, 3.8) is 0 Å². The lowest BCUT2D eigenvalue weighted by atomic mass is 10.2. The van der Waals surface area contributed by atoms with Crippen molar-refractivity contribution in [3.8, 4) is 0 Å². The molecule has 0 saturated heterocycles. The average Bonchev–Trinajstić information content (AvgIpc) is 3.51. The van der Waals surface area contributed by atoms with E-state index >= 15 is 0 Å². The number of benzene rings is 4. The summed E-state index contributed by atoms with van der Waals surface area (Å²) in [5.74, 6) is 0. The Kier molecular flexibility index (Phi) is 7.32. The minimum Gasteiger partial charge on any atom is -0.331 e. The number of aromatic nitrogens is 1. The molecule has 0 N–H and O–H groups in total. The van der Waals surface area contributed by atoms with E-state index in [9.17, 15) is 20.2 Å². The van der Waals surface area contributed by atoms with E-state index in [0.717, 1.165) is 42.0 Å². The van der Waals surface area contributed by atoms with Gasteiger partial charge in [0.1, 0.15) is 4.70 Å². The standard InChI is InChI=1S/C31H23N4O4S2/c36-34(37)24-16-12-22(13-17-24)20-32-26-6-1-3-8-28(26)40-30(32)10-5-11-31-33(27-7-2-4-9-29(27)41-31)21-23-14-18-25(19-15-23)35(38)39/h1-19H,20-21H2/q+1. The normalized spacial score (nSPS) is 13.8. The van der Waals surface area contributed by atoms with Gasteiger partial charge < -0.3 is 4.90 Å². The molecule has 8 nitrogen and oxygen atoms in total. The monoisotopic (exact) mass is 579 g/mol. The molecule has 2 heterocycles. The van der Waals surface area contributed by atoms with Crippen LogP contribution in [-0.2, 0) is 13.1 Å². The second-order valence-electron chi connectivity index (χ2n) is 9.36. The van der Waals surface area contributed by atoms with Gasteiger partial charge in [0.15, 0.2) is 6.54 Å². The van der Waals surface area contributed by atoms with Crippen LogP contribution in [0.25, 0.3) is 16.3 Å². The number of allylic oxidation sites excluding steroid dienone is 2. The first-order chi connectivity index (χ1) is 20.0. The van der Waals surface area contributed by atoms with Crippen LogP contribution in [0.5, 0.6) is 0 Å². The summed E-state index contributed by atoms with van der Waals surface area (Å²) < 4.78 is 3.38. The van der Waals surface area contributed by atoms with Crippen LogP contribution in [0.2, 0.25) is 0 Å². The summed E-state index contributed by atoms with van der Waals surface area (Å²) in [6.07, 6.45) is 6.24.